The highest BCUT2D eigenvalue weighted by Gasteiger charge is 2.42. The Hall–Kier alpha value is -3.48. The van der Waals surface area contributed by atoms with Crippen molar-refractivity contribution >= 4 is 23.7 Å². The second kappa shape index (κ2) is 8.10. The smallest absolute Gasteiger partial charge is 0.330 e. The SMILES string of the molecule is C[C@@H](C(=O)O[C@H](C(=O)N1CCCC1)c1ccccc1)N1C(=O)c2ccccc2C1=O. The average molecular weight is 406 g/mol. The number of likely N-dealkylation sites (tertiary alicyclic amines) is 1. The maximum atomic E-state index is 13.0. The van der Waals surface area contributed by atoms with Crippen molar-refractivity contribution in [1.29, 1.82) is 0 Å². The quantitative estimate of drug-likeness (QED) is 0.563. The molecule has 154 valence electrons. The van der Waals surface area contributed by atoms with Crippen molar-refractivity contribution in [1.82, 2.24) is 9.80 Å². The van der Waals surface area contributed by atoms with E-state index in [0.29, 0.717) is 18.7 Å². The summed E-state index contributed by atoms with van der Waals surface area (Å²) in [7, 11) is 0. The molecule has 1 saturated heterocycles. The Morgan fingerprint density at radius 2 is 1.40 bits per heavy atom. The van der Waals surface area contributed by atoms with Crippen molar-refractivity contribution in [2.45, 2.75) is 31.9 Å². The molecule has 2 atom stereocenters. The van der Waals surface area contributed by atoms with E-state index in [4.69, 9.17) is 4.74 Å². The van der Waals surface area contributed by atoms with Gasteiger partial charge in [-0.05, 0) is 31.9 Å². The van der Waals surface area contributed by atoms with E-state index in [1.807, 2.05) is 6.07 Å². The van der Waals surface area contributed by atoms with Gasteiger partial charge in [0.05, 0.1) is 11.1 Å². The van der Waals surface area contributed by atoms with E-state index in [2.05, 4.69) is 0 Å². The summed E-state index contributed by atoms with van der Waals surface area (Å²) in [5.74, 6) is -2.17. The number of benzene rings is 2. The van der Waals surface area contributed by atoms with Gasteiger partial charge in [-0.2, -0.15) is 0 Å². The number of fused-ring (bicyclic) bond motifs is 1. The van der Waals surface area contributed by atoms with Crippen LogP contribution < -0.4 is 0 Å². The van der Waals surface area contributed by atoms with Gasteiger partial charge in [-0.3, -0.25) is 19.3 Å². The van der Waals surface area contributed by atoms with Crippen LogP contribution in [0.2, 0.25) is 0 Å². The van der Waals surface area contributed by atoms with Crippen LogP contribution in [0.5, 0.6) is 0 Å². The van der Waals surface area contributed by atoms with E-state index in [0.717, 1.165) is 17.7 Å². The zero-order valence-corrected chi connectivity index (χ0v) is 16.6. The first-order valence-corrected chi connectivity index (χ1v) is 10.00. The first kappa shape index (κ1) is 19.8. The first-order chi connectivity index (χ1) is 14.5. The average Bonchev–Trinajstić information content (AvgIpc) is 3.39. The van der Waals surface area contributed by atoms with Crippen molar-refractivity contribution < 1.29 is 23.9 Å². The molecule has 2 heterocycles. The summed E-state index contributed by atoms with van der Waals surface area (Å²) in [6, 6.07) is 14.1. The molecule has 0 radical (unpaired) electrons. The molecule has 0 N–H and O–H groups in total. The lowest BCUT2D eigenvalue weighted by molar-refractivity contribution is -0.163. The Morgan fingerprint density at radius 3 is 1.97 bits per heavy atom. The molecular formula is C23H22N2O5. The van der Waals surface area contributed by atoms with E-state index in [-0.39, 0.29) is 17.0 Å². The minimum absolute atomic E-state index is 0.259. The number of amides is 3. The first-order valence-electron chi connectivity index (χ1n) is 10.00. The Kier molecular flexibility index (Phi) is 5.35. The van der Waals surface area contributed by atoms with Crippen molar-refractivity contribution in [2.75, 3.05) is 13.1 Å². The predicted octanol–water partition coefficient (Wildman–Crippen LogP) is 2.58. The minimum Gasteiger partial charge on any atom is -0.446 e. The van der Waals surface area contributed by atoms with Crippen molar-refractivity contribution in [3.05, 3.63) is 71.3 Å². The summed E-state index contributed by atoms with van der Waals surface area (Å²) in [6.45, 7) is 2.67. The fraction of sp³-hybridized carbons (Fsp3) is 0.304. The summed E-state index contributed by atoms with van der Waals surface area (Å²) >= 11 is 0. The Morgan fingerprint density at radius 1 is 0.867 bits per heavy atom. The molecule has 2 aromatic rings. The number of ether oxygens (including phenoxy) is 1. The molecule has 7 nitrogen and oxygen atoms in total. The minimum atomic E-state index is -1.16. The molecule has 7 heteroatoms. The molecule has 3 amide bonds. The van der Waals surface area contributed by atoms with Crippen LogP contribution in [-0.2, 0) is 14.3 Å². The molecule has 2 aliphatic heterocycles. The molecule has 0 unspecified atom stereocenters. The highest BCUT2D eigenvalue weighted by atomic mass is 16.6. The lowest BCUT2D eigenvalue weighted by Crippen LogP contribution is -2.45. The molecular weight excluding hydrogens is 384 g/mol. The van der Waals surface area contributed by atoms with E-state index in [9.17, 15) is 19.2 Å². The highest BCUT2D eigenvalue weighted by Crippen LogP contribution is 2.27. The Bertz CT molecular complexity index is 963. The van der Waals surface area contributed by atoms with E-state index in [1.54, 1.807) is 53.4 Å². The predicted molar refractivity (Wildman–Crippen MR) is 107 cm³/mol. The summed E-state index contributed by atoms with van der Waals surface area (Å²) in [5.41, 5.74) is 1.07. The Labute approximate surface area is 174 Å². The van der Waals surface area contributed by atoms with E-state index < -0.39 is 29.9 Å². The fourth-order valence-corrected chi connectivity index (χ4v) is 3.87. The van der Waals surface area contributed by atoms with Gasteiger partial charge in [-0.25, -0.2) is 4.79 Å². The largest absolute Gasteiger partial charge is 0.446 e. The van der Waals surface area contributed by atoms with Gasteiger partial charge >= 0.3 is 5.97 Å². The van der Waals surface area contributed by atoms with E-state index >= 15 is 0 Å². The number of esters is 1. The normalized spacial score (nSPS) is 17.6. The third-order valence-corrected chi connectivity index (χ3v) is 5.53. The van der Waals surface area contributed by atoms with Crippen LogP contribution in [0, 0.1) is 0 Å². The highest BCUT2D eigenvalue weighted by molar-refractivity contribution is 6.22. The van der Waals surface area contributed by atoms with Gasteiger partial charge in [0.2, 0.25) is 6.10 Å². The Balaban J connectivity index is 1.56. The lowest BCUT2D eigenvalue weighted by Gasteiger charge is -2.26. The zero-order chi connectivity index (χ0) is 21.3. The molecule has 1 fully saturated rings. The van der Waals surface area contributed by atoms with Crippen molar-refractivity contribution in [2.24, 2.45) is 0 Å². The van der Waals surface area contributed by atoms with Gasteiger partial charge in [0.1, 0.15) is 6.04 Å². The van der Waals surface area contributed by atoms with Gasteiger partial charge in [0, 0.05) is 18.7 Å². The van der Waals surface area contributed by atoms with Gasteiger partial charge in [0.15, 0.2) is 0 Å². The second-order valence-corrected chi connectivity index (χ2v) is 7.46. The van der Waals surface area contributed by atoms with Crippen LogP contribution in [0.3, 0.4) is 0 Å². The summed E-state index contributed by atoms with van der Waals surface area (Å²) in [6.07, 6.45) is 0.702. The number of rotatable bonds is 5. The lowest BCUT2D eigenvalue weighted by atomic mass is 10.1. The van der Waals surface area contributed by atoms with Crippen molar-refractivity contribution in [3.63, 3.8) is 0 Å². The third-order valence-electron chi connectivity index (χ3n) is 5.53. The van der Waals surface area contributed by atoms with Crippen LogP contribution in [0.4, 0.5) is 0 Å². The number of imide groups is 1. The van der Waals surface area contributed by atoms with Gasteiger partial charge < -0.3 is 9.64 Å². The summed E-state index contributed by atoms with van der Waals surface area (Å²) in [5, 5.41) is 0. The van der Waals surface area contributed by atoms with Crippen LogP contribution in [0.1, 0.15) is 52.1 Å². The second-order valence-electron chi connectivity index (χ2n) is 7.46. The molecule has 0 spiro atoms. The van der Waals surface area contributed by atoms with Gasteiger partial charge in [0.25, 0.3) is 17.7 Å². The maximum absolute atomic E-state index is 13.0. The molecule has 0 aliphatic carbocycles. The molecule has 4 rings (SSSR count). The van der Waals surface area contributed by atoms with Gasteiger partial charge in [-0.1, -0.05) is 42.5 Å². The number of carbonyl (C=O) groups excluding carboxylic acids is 4. The molecule has 30 heavy (non-hydrogen) atoms. The standard InChI is InChI=1S/C23H22N2O5/c1-15(25-20(26)17-11-5-6-12-18(17)21(25)27)23(29)30-19(16-9-3-2-4-10-16)22(28)24-13-7-8-14-24/h2-6,9-12,15,19H,7-8,13-14H2,1H3/t15-,19-/m0/s1. The van der Waals surface area contributed by atoms with Crippen LogP contribution in [0.15, 0.2) is 54.6 Å². The van der Waals surface area contributed by atoms with E-state index in [1.165, 1.54) is 6.92 Å². The van der Waals surface area contributed by atoms with Crippen LogP contribution >= 0.6 is 0 Å². The summed E-state index contributed by atoms with van der Waals surface area (Å²) in [4.78, 5) is 53.9. The molecule has 0 saturated carbocycles. The number of nitrogens with zero attached hydrogens (tertiary/aromatic N) is 2. The molecule has 0 bridgehead atoms. The van der Waals surface area contributed by atoms with Crippen LogP contribution in [-0.4, -0.2) is 52.6 Å². The number of hydrogen-bond donors (Lipinski definition) is 0. The van der Waals surface area contributed by atoms with Crippen molar-refractivity contribution in [3.8, 4) is 0 Å². The number of hydrogen-bond acceptors (Lipinski definition) is 5. The maximum Gasteiger partial charge on any atom is 0.330 e. The zero-order valence-electron chi connectivity index (χ0n) is 16.6. The molecule has 2 aromatic carbocycles. The number of carbonyl (C=O) groups is 4. The topological polar surface area (TPSA) is 84.0 Å². The molecule has 2 aliphatic rings. The third kappa shape index (κ3) is 3.47. The molecule has 0 aromatic heterocycles. The monoisotopic (exact) mass is 406 g/mol. The fourth-order valence-electron chi connectivity index (χ4n) is 3.87. The van der Waals surface area contributed by atoms with Gasteiger partial charge in [-0.15, -0.1) is 0 Å². The summed E-state index contributed by atoms with van der Waals surface area (Å²) < 4.78 is 5.60. The van der Waals surface area contributed by atoms with Crippen LogP contribution in [0.25, 0.3) is 0 Å².